The third-order valence-corrected chi connectivity index (χ3v) is 2.54. The Morgan fingerprint density at radius 3 is 2.82 bits per heavy atom. The minimum Gasteiger partial charge on any atom is -0.389 e. The van der Waals surface area contributed by atoms with Crippen LogP contribution >= 0.6 is 0 Å². The zero-order valence-electron chi connectivity index (χ0n) is 7.56. The van der Waals surface area contributed by atoms with Crippen LogP contribution in [0.25, 0.3) is 0 Å². The Balaban J connectivity index is 2.35. The zero-order valence-corrected chi connectivity index (χ0v) is 7.56. The lowest BCUT2D eigenvalue weighted by molar-refractivity contribution is -0.0000699. The lowest BCUT2D eigenvalue weighted by Gasteiger charge is -2.35. The first-order chi connectivity index (χ1) is 5.16. The molecule has 1 rings (SSSR count). The average molecular weight is 157 g/mol. The van der Waals surface area contributed by atoms with Gasteiger partial charge in [0.05, 0.1) is 5.60 Å². The van der Waals surface area contributed by atoms with E-state index in [2.05, 4.69) is 19.2 Å². The summed E-state index contributed by atoms with van der Waals surface area (Å²) in [5, 5.41) is 13.2. The molecule has 0 aromatic heterocycles. The van der Waals surface area contributed by atoms with E-state index in [1.165, 1.54) is 0 Å². The van der Waals surface area contributed by atoms with Gasteiger partial charge in [-0.3, -0.25) is 0 Å². The highest BCUT2D eigenvalue weighted by Crippen LogP contribution is 2.23. The molecular weight excluding hydrogens is 138 g/mol. The molecule has 0 aliphatic carbocycles. The van der Waals surface area contributed by atoms with Crippen LogP contribution in [0.1, 0.15) is 39.5 Å². The van der Waals surface area contributed by atoms with E-state index in [1.54, 1.807) is 0 Å². The lowest BCUT2D eigenvalue weighted by Crippen LogP contribution is -2.49. The van der Waals surface area contributed by atoms with Gasteiger partial charge < -0.3 is 10.4 Å². The van der Waals surface area contributed by atoms with E-state index < -0.39 is 5.60 Å². The first-order valence-corrected chi connectivity index (χ1v) is 4.62. The van der Waals surface area contributed by atoms with E-state index >= 15 is 0 Å². The van der Waals surface area contributed by atoms with E-state index in [9.17, 15) is 5.11 Å². The summed E-state index contributed by atoms with van der Waals surface area (Å²) < 4.78 is 0. The monoisotopic (exact) mass is 157 g/mol. The maximum absolute atomic E-state index is 9.93. The molecule has 1 heterocycles. The van der Waals surface area contributed by atoms with E-state index in [0.717, 1.165) is 32.2 Å². The fraction of sp³-hybridized carbons (Fsp3) is 1.00. The van der Waals surface area contributed by atoms with Gasteiger partial charge >= 0.3 is 0 Å². The molecule has 0 bridgehead atoms. The molecule has 0 saturated carbocycles. The van der Waals surface area contributed by atoms with Crippen LogP contribution < -0.4 is 5.32 Å². The molecule has 1 aliphatic rings. The van der Waals surface area contributed by atoms with Crippen LogP contribution in [0.2, 0.25) is 0 Å². The molecule has 2 heteroatoms. The number of aliphatic hydroxyl groups is 1. The van der Waals surface area contributed by atoms with Crippen molar-refractivity contribution in [2.75, 3.05) is 6.54 Å². The molecule has 0 amide bonds. The van der Waals surface area contributed by atoms with E-state index in [4.69, 9.17) is 0 Å². The SMILES string of the molecule is CCCC1(O)CCC(C)NC1. The van der Waals surface area contributed by atoms with Gasteiger partial charge in [0.25, 0.3) is 0 Å². The van der Waals surface area contributed by atoms with Crippen molar-refractivity contribution < 1.29 is 5.11 Å². The molecule has 0 aromatic carbocycles. The molecule has 66 valence electrons. The Kier molecular flexibility index (Phi) is 2.90. The zero-order chi connectivity index (χ0) is 8.32. The van der Waals surface area contributed by atoms with Crippen molar-refractivity contribution in [1.29, 1.82) is 0 Å². The summed E-state index contributed by atoms with van der Waals surface area (Å²) in [6.45, 7) is 5.07. The van der Waals surface area contributed by atoms with Crippen LogP contribution in [0.4, 0.5) is 0 Å². The highest BCUT2D eigenvalue weighted by atomic mass is 16.3. The lowest BCUT2D eigenvalue weighted by atomic mass is 9.87. The largest absolute Gasteiger partial charge is 0.389 e. The summed E-state index contributed by atoms with van der Waals surface area (Å²) in [4.78, 5) is 0. The molecule has 2 unspecified atom stereocenters. The Labute approximate surface area is 69.0 Å². The van der Waals surface area contributed by atoms with Crippen LogP contribution in [0.3, 0.4) is 0 Å². The van der Waals surface area contributed by atoms with Crippen LogP contribution in [0, 0.1) is 0 Å². The van der Waals surface area contributed by atoms with Crippen molar-refractivity contribution in [3.8, 4) is 0 Å². The van der Waals surface area contributed by atoms with Gasteiger partial charge in [0.2, 0.25) is 0 Å². The quantitative estimate of drug-likeness (QED) is 0.633. The summed E-state index contributed by atoms with van der Waals surface area (Å²) in [6.07, 6.45) is 4.09. The molecule has 2 N–H and O–H groups in total. The number of rotatable bonds is 2. The molecule has 1 saturated heterocycles. The van der Waals surface area contributed by atoms with Gasteiger partial charge in [0.1, 0.15) is 0 Å². The number of nitrogens with one attached hydrogen (secondary N) is 1. The summed E-state index contributed by atoms with van der Waals surface area (Å²) >= 11 is 0. The number of β-amino-alcohol motifs (C(OH)–C–C–N with tert-alkyl or cyclic N) is 1. The standard InChI is InChI=1S/C9H19NO/c1-3-5-9(11)6-4-8(2)10-7-9/h8,10-11H,3-7H2,1-2H3. The summed E-state index contributed by atoms with van der Waals surface area (Å²) in [5.74, 6) is 0. The predicted molar refractivity (Wildman–Crippen MR) is 46.6 cm³/mol. The summed E-state index contributed by atoms with van der Waals surface area (Å²) in [5.41, 5.74) is -0.402. The molecule has 11 heavy (non-hydrogen) atoms. The third kappa shape index (κ3) is 2.46. The second kappa shape index (κ2) is 3.55. The van der Waals surface area contributed by atoms with Crippen molar-refractivity contribution in [2.45, 2.75) is 51.2 Å². The molecule has 2 nitrogen and oxygen atoms in total. The van der Waals surface area contributed by atoms with Gasteiger partial charge in [0.15, 0.2) is 0 Å². The van der Waals surface area contributed by atoms with Gasteiger partial charge in [0, 0.05) is 12.6 Å². The Bertz CT molecular complexity index is 117. The minimum atomic E-state index is -0.402. The highest BCUT2D eigenvalue weighted by molar-refractivity contribution is 4.87. The maximum atomic E-state index is 9.93. The van der Waals surface area contributed by atoms with Crippen molar-refractivity contribution in [3.05, 3.63) is 0 Å². The Morgan fingerprint density at radius 2 is 2.36 bits per heavy atom. The highest BCUT2D eigenvalue weighted by Gasteiger charge is 2.29. The van der Waals surface area contributed by atoms with Crippen LogP contribution in [0.15, 0.2) is 0 Å². The number of hydrogen-bond acceptors (Lipinski definition) is 2. The number of piperidine rings is 1. The molecule has 0 aromatic rings. The smallest absolute Gasteiger partial charge is 0.0772 e. The van der Waals surface area contributed by atoms with E-state index in [-0.39, 0.29) is 0 Å². The molecular formula is C9H19NO. The fourth-order valence-corrected chi connectivity index (χ4v) is 1.72. The van der Waals surface area contributed by atoms with Crippen molar-refractivity contribution in [3.63, 3.8) is 0 Å². The molecule has 1 fully saturated rings. The normalized spacial score (nSPS) is 39.0. The average Bonchev–Trinajstić information content (AvgIpc) is 1.97. The first kappa shape index (κ1) is 9.01. The second-order valence-corrected chi connectivity index (χ2v) is 3.79. The van der Waals surface area contributed by atoms with Crippen molar-refractivity contribution in [2.24, 2.45) is 0 Å². The third-order valence-electron chi connectivity index (χ3n) is 2.54. The second-order valence-electron chi connectivity index (χ2n) is 3.79. The summed E-state index contributed by atoms with van der Waals surface area (Å²) in [7, 11) is 0. The van der Waals surface area contributed by atoms with Gasteiger partial charge in [-0.1, -0.05) is 13.3 Å². The molecule has 1 aliphatic heterocycles. The topological polar surface area (TPSA) is 32.3 Å². The van der Waals surface area contributed by atoms with Crippen molar-refractivity contribution in [1.82, 2.24) is 5.32 Å². The van der Waals surface area contributed by atoms with Gasteiger partial charge in [-0.05, 0) is 26.2 Å². The molecule has 2 atom stereocenters. The Morgan fingerprint density at radius 1 is 1.64 bits per heavy atom. The van der Waals surface area contributed by atoms with Gasteiger partial charge in [-0.15, -0.1) is 0 Å². The predicted octanol–water partition coefficient (Wildman–Crippen LogP) is 1.29. The van der Waals surface area contributed by atoms with Crippen molar-refractivity contribution >= 4 is 0 Å². The molecule has 0 radical (unpaired) electrons. The van der Waals surface area contributed by atoms with Crippen LogP contribution in [0.5, 0.6) is 0 Å². The summed E-state index contributed by atoms with van der Waals surface area (Å²) in [6, 6.07) is 0.590. The van der Waals surface area contributed by atoms with E-state index in [1.807, 2.05) is 0 Å². The van der Waals surface area contributed by atoms with Gasteiger partial charge in [-0.25, -0.2) is 0 Å². The molecule has 0 spiro atoms. The van der Waals surface area contributed by atoms with Crippen LogP contribution in [-0.4, -0.2) is 23.3 Å². The number of hydrogen-bond donors (Lipinski definition) is 2. The maximum Gasteiger partial charge on any atom is 0.0772 e. The Hall–Kier alpha value is -0.0800. The minimum absolute atomic E-state index is 0.402. The van der Waals surface area contributed by atoms with Gasteiger partial charge in [-0.2, -0.15) is 0 Å². The first-order valence-electron chi connectivity index (χ1n) is 4.62. The van der Waals surface area contributed by atoms with Crippen LogP contribution in [-0.2, 0) is 0 Å². The van der Waals surface area contributed by atoms with E-state index in [0.29, 0.717) is 6.04 Å². The fourth-order valence-electron chi connectivity index (χ4n) is 1.72.